The molecule has 1 aliphatic rings. The van der Waals surface area contributed by atoms with E-state index in [0.29, 0.717) is 0 Å². The van der Waals surface area contributed by atoms with Crippen LogP contribution in [0, 0.1) is 6.92 Å². The Morgan fingerprint density at radius 2 is 2.10 bits per heavy atom. The van der Waals surface area contributed by atoms with Crippen molar-refractivity contribution >= 4 is 16.9 Å². The number of benzene rings is 1. The normalized spacial score (nSPS) is 14.3. The Balaban J connectivity index is 1.98. The zero-order valence-corrected chi connectivity index (χ0v) is 11.8. The van der Waals surface area contributed by atoms with Crippen molar-refractivity contribution in [2.45, 2.75) is 19.9 Å². The highest BCUT2D eigenvalue weighted by Gasteiger charge is 2.20. The first-order valence-electron chi connectivity index (χ1n) is 7.11. The molecule has 0 saturated carbocycles. The van der Waals surface area contributed by atoms with Crippen molar-refractivity contribution in [3.63, 3.8) is 0 Å². The Labute approximate surface area is 118 Å². The highest BCUT2D eigenvalue weighted by molar-refractivity contribution is 5.95. The summed E-state index contributed by atoms with van der Waals surface area (Å²) in [5.41, 5.74) is 4.83. The first kappa shape index (κ1) is 11.6. The molecule has 2 aromatic heterocycles. The molecule has 0 radical (unpaired) electrons. The molecule has 0 saturated heterocycles. The number of rotatable bonds is 1. The average molecular weight is 266 g/mol. The van der Waals surface area contributed by atoms with Gasteiger partial charge in [0.25, 0.3) is 0 Å². The van der Waals surface area contributed by atoms with Gasteiger partial charge in [-0.25, -0.2) is 4.98 Å². The van der Waals surface area contributed by atoms with Gasteiger partial charge in [-0.1, -0.05) is 18.2 Å². The number of nitrogens with one attached hydrogen (secondary N) is 1. The van der Waals surface area contributed by atoms with E-state index in [1.807, 2.05) is 0 Å². The van der Waals surface area contributed by atoms with Gasteiger partial charge in [0.15, 0.2) is 0 Å². The van der Waals surface area contributed by atoms with Crippen molar-refractivity contribution in [3.8, 4) is 11.3 Å². The van der Waals surface area contributed by atoms with E-state index in [1.54, 1.807) is 0 Å². The van der Waals surface area contributed by atoms with Crippen molar-refractivity contribution in [1.29, 1.82) is 0 Å². The third-order valence-corrected chi connectivity index (χ3v) is 4.21. The van der Waals surface area contributed by atoms with Crippen molar-refractivity contribution < 1.29 is 0 Å². The van der Waals surface area contributed by atoms with Crippen LogP contribution < -0.4 is 5.32 Å². The van der Waals surface area contributed by atoms with E-state index in [2.05, 4.69) is 58.9 Å². The fourth-order valence-corrected chi connectivity index (χ4v) is 3.17. The molecule has 4 heteroatoms. The summed E-state index contributed by atoms with van der Waals surface area (Å²) in [7, 11) is 2.09. The van der Waals surface area contributed by atoms with Gasteiger partial charge in [0.2, 0.25) is 5.95 Å². The number of anilines is 1. The van der Waals surface area contributed by atoms with Crippen LogP contribution in [-0.2, 0) is 13.6 Å². The van der Waals surface area contributed by atoms with Crippen LogP contribution in [-0.4, -0.2) is 20.7 Å². The van der Waals surface area contributed by atoms with Gasteiger partial charge in [-0.2, -0.15) is 0 Å². The molecule has 3 aromatic rings. The van der Waals surface area contributed by atoms with E-state index in [1.165, 1.54) is 28.6 Å². The van der Waals surface area contributed by atoms with E-state index >= 15 is 0 Å². The summed E-state index contributed by atoms with van der Waals surface area (Å²) >= 11 is 0. The molecule has 4 nitrogen and oxygen atoms in total. The topological polar surface area (TPSA) is 34.8 Å². The van der Waals surface area contributed by atoms with Gasteiger partial charge in [-0.05, 0) is 19.4 Å². The molecular weight excluding hydrogens is 248 g/mol. The summed E-state index contributed by atoms with van der Waals surface area (Å²) in [6.07, 6.45) is 3.35. The van der Waals surface area contributed by atoms with E-state index in [9.17, 15) is 0 Å². The second-order valence-corrected chi connectivity index (χ2v) is 5.47. The van der Waals surface area contributed by atoms with Crippen LogP contribution >= 0.6 is 0 Å². The zero-order valence-electron chi connectivity index (χ0n) is 11.8. The lowest BCUT2D eigenvalue weighted by Crippen LogP contribution is -2.17. The third kappa shape index (κ3) is 1.51. The summed E-state index contributed by atoms with van der Waals surface area (Å²) in [5, 5.41) is 4.67. The molecular formula is C16H18N4. The maximum atomic E-state index is 4.82. The molecule has 1 aliphatic heterocycles. The van der Waals surface area contributed by atoms with Gasteiger partial charge in [-0.3, -0.25) is 0 Å². The van der Waals surface area contributed by atoms with Gasteiger partial charge in [0, 0.05) is 48.5 Å². The second-order valence-electron chi connectivity index (χ2n) is 5.47. The SMILES string of the molecule is Cc1c(-c2cn(C)c3ccccc23)nc2n1CCCN2. The first-order chi connectivity index (χ1) is 9.75. The minimum Gasteiger partial charge on any atom is -0.356 e. The average Bonchev–Trinajstić information content (AvgIpc) is 2.99. The summed E-state index contributed by atoms with van der Waals surface area (Å²) < 4.78 is 4.47. The molecule has 0 spiro atoms. The molecule has 20 heavy (non-hydrogen) atoms. The van der Waals surface area contributed by atoms with Crippen LogP contribution in [0.5, 0.6) is 0 Å². The van der Waals surface area contributed by atoms with Crippen LogP contribution in [0.1, 0.15) is 12.1 Å². The molecule has 0 bridgehead atoms. The van der Waals surface area contributed by atoms with Crippen LogP contribution in [0.25, 0.3) is 22.2 Å². The molecule has 0 fully saturated rings. The Morgan fingerprint density at radius 1 is 1.25 bits per heavy atom. The standard InChI is InChI=1S/C16H18N4/c1-11-15(18-16-17-8-5-9-20(11)16)13-10-19(2)14-7-4-3-6-12(13)14/h3-4,6-7,10H,5,8-9H2,1-2H3,(H,17,18). The van der Waals surface area contributed by atoms with E-state index in [-0.39, 0.29) is 0 Å². The fraction of sp³-hybridized carbons (Fsp3) is 0.312. The molecule has 102 valence electrons. The van der Waals surface area contributed by atoms with Crippen LogP contribution in [0.4, 0.5) is 5.95 Å². The van der Waals surface area contributed by atoms with Gasteiger partial charge in [-0.15, -0.1) is 0 Å². The zero-order chi connectivity index (χ0) is 13.7. The summed E-state index contributed by atoms with van der Waals surface area (Å²) in [6.45, 7) is 4.25. The Kier molecular flexibility index (Phi) is 2.39. The Bertz CT molecular complexity index is 794. The van der Waals surface area contributed by atoms with Gasteiger partial charge >= 0.3 is 0 Å². The fourth-order valence-electron chi connectivity index (χ4n) is 3.17. The van der Waals surface area contributed by atoms with E-state index < -0.39 is 0 Å². The monoisotopic (exact) mass is 266 g/mol. The summed E-state index contributed by atoms with van der Waals surface area (Å²) in [5.74, 6) is 1.01. The number of fused-ring (bicyclic) bond motifs is 2. The van der Waals surface area contributed by atoms with E-state index in [4.69, 9.17) is 4.98 Å². The van der Waals surface area contributed by atoms with Crippen LogP contribution in [0.2, 0.25) is 0 Å². The quantitative estimate of drug-likeness (QED) is 0.734. The van der Waals surface area contributed by atoms with E-state index in [0.717, 1.165) is 24.7 Å². The number of aryl methyl sites for hydroxylation is 1. The van der Waals surface area contributed by atoms with Crippen LogP contribution in [0.3, 0.4) is 0 Å². The predicted octanol–water partition coefficient (Wildman–Crippen LogP) is 3.17. The molecule has 4 rings (SSSR count). The van der Waals surface area contributed by atoms with Gasteiger partial charge in [0.05, 0.1) is 5.69 Å². The number of para-hydroxylation sites is 1. The molecule has 0 amide bonds. The highest BCUT2D eigenvalue weighted by atomic mass is 15.2. The number of aromatic nitrogens is 3. The van der Waals surface area contributed by atoms with Crippen molar-refractivity contribution in [1.82, 2.24) is 14.1 Å². The number of hydrogen-bond donors (Lipinski definition) is 1. The first-order valence-corrected chi connectivity index (χ1v) is 7.11. The lowest BCUT2D eigenvalue weighted by molar-refractivity contribution is 0.615. The molecule has 0 aliphatic carbocycles. The minimum absolute atomic E-state index is 1.01. The molecule has 0 unspecified atom stereocenters. The molecule has 3 heterocycles. The Hall–Kier alpha value is -2.23. The highest BCUT2D eigenvalue weighted by Crippen LogP contribution is 2.33. The van der Waals surface area contributed by atoms with Gasteiger partial charge in [0.1, 0.15) is 0 Å². The number of nitrogens with zero attached hydrogens (tertiary/aromatic N) is 3. The predicted molar refractivity (Wildman–Crippen MR) is 82.0 cm³/mol. The Morgan fingerprint density at radius 3 is 2.95 bits per heavy atom. The van der Waals surface area contributed by atoms with Gasteiger partial charge < -0.3 is 14.5 Å². The molecule has 1 aromatic carbocycles. The second kappa shape index (κ2) is 4.13. The van der Waals surface area contributed by atoms with Crippen LogP contribution in [0.15, 0.2) is 30.5 Å². The maximum absolute atomic E-state index is 4.82. The van der Waals surface area contributed by atoms with Crippen molar-refractivity contribution in [2.24, 2.45) is 7.05 Å². The largest absolute Gasteiger partial charge is 0.356 e. The number of imidazole rings is 1. The van der Waals surface area contributed by atoms with Crippen molar-refractivity contribution in [3.05, 3.63) is 36.2 Å². The number of hydrogen-bond acceptors (Lipinski definition) is 2. The van der Waals surface area contributed by atoms with Crippen molar-refractivity contribution in [2.75, 3.05) is 11.9 Å². The smallest absolute Gasteiger partial charge is 0.203 e. The lowest BCUT2D eigenvalue weighted by atomic mass is 10.1. The summed E-state index contributed by atoms with van der Waals surface area (Å²) in [4.78, 5) is 4.82. The lowest BCUT2D eigenvalue weighted by Gasteiger charge is -2.16. The summed E-state index contributed by atoms with van der Waals surface area (Å²) in [6, 6.07) is 8.51. The molecule has 1 N–H and O–H groups in total. The minimum atomic E-state index is 1.01. The molecule has 0 atom stereocenters. The maximum Gasteiger partial charge on any atom is 0.203 e. The third-order valence-electron chi connectivity index (χ3n) is 4.21.